The average Bonchev–Trinajstić information content (AvgIpc) is 2.00. The maximum Gasteiger partial charge on any atom is 0.0613 e. The van der Waals surface area contributed by atoms with Gasteiger partial charge in [-0.2, -0.15) is 0 Å². The molecule has 0 radical (unpaired) electrons. The molecule has 0 heterocycles. The summed E-state index contributed by atoms with van der Waals surface area (Å²) in [4.78, 5) is 0. The van der Waals surface area contributed by atoms with Gasteiger partial charge in [0.1, 0.15) is 0 Å². The summed E-state index contributed by atoms with van der Waals surface area (Å²) in [5, 5.41) is 18.1. The van der Waals surface area contributed by atoms with Crippen molar-refractivity contribution in [3.63, 3.8) is 0 Å². The minimum Gasteiger partial charge on any atom is -0.396 e. The fourth-order valence-electron chi connectivity index (χ4n) is 0.910. The van der Waals surface area contributed by atoms with Gasteiger partial charge < -0.3 is 10.2 Å². The van der Waals surface area contributed by atoms with E-state index in [0.29, 0.717) is 5.92 Å². The zero-order valence-electron chi connectivity index (χ0n) is 7.04. The third-order valence-electron chi connectivity index (χ3n) is 2.10. The smallest absolute Gasteiger partial charge is 0.0613 e. The van der Waals surface area contributed by atoms with Crippen LogP contribution in [0.5, 0.6) is 0 Å². The van der Waals surface area contributed by atoms with Crippen LogP contribution in [0, 0.1) is 11.8 Å². The van der Waals surface area contributed by atoms with Crippen molar-refractivity contribution >= 4 is 0 Å². The van der Waals surface area contributed by atoms with Crippen LogP contribution in [0.2, 0.25) is 0 Å². The quantitative estimate of drug-likeness (QED) is 0.621. The van der Waals surface area contributed by atoms with Gasteiger partial charge in [-0.25, -0.2) is 0 Å². The van der Waals surface area contributed by atoms with Crippen molar-refractivity contribution < 1.29 is 10.2 Å². The maximum atomic E-state index is 9.43. The molecule has 0 aromatic rings. The normalized spacial score (nSPS) is 20.1. The van der Waals surface area contributed by atoms with E-state index in [1.165, 1.54) is 0 Å². The van der Waals surface area contributed by atoms with Crippen LogP contribution < -0.4 is 0 Å². The summed E-state index contributed by atoms with van der Waals surface area (Å²) in [5.74, 6) is 0.303. The van der Waals surface area contributed by atoms with Gasteiger partial charge in [0, 0.05) is 12.5 Å². The van der Waals surface area contributed by atoms with Crippen molar-refractivity contribution in [3.05, 3.63) is 0 Å². The number of aliphatic hydroxyl groups excluding tert-OH is 2. The zero-order chi connectivity index (χ0) is 8.15. The Morgan fingerprint density at radius 1 is 1.20 bits per heavy atom. The molecule has 0 aliphatic rings. The monoisotopic (exact) mass is 146 g/mol. The fraction of sp³-hybridized carbons (Fsp3) is 1.00. The molecule has 0 aromatic carbocycles. The highest BCUT2D eigenvalue weighted by Gasteiger charge is 2.18. The summed E-state index contributed by atoms with van der Waals surface area (Å²) >= 11 is 0. The minimum absolute atomic E-state index is 0.00921. The van der Waals surface area contributed by atoms with Crippen molar-refractivity contribution in [2.45, 2.75) is 33.3 Å². The van der Waals surface area contributed by atoms with E-state index >= 15 is 0 Å². The van der Waals surface area contributed by atoms with E-state index in [9.17, 15) is 5.11 Å². The molecule has 0 bridgehead atoms. The van der Waals surface area contributed by atoms with E-state index in [-0.39, 0.29) is 18.6 Å². The molecule has 0 fully saturated rings. The molecule has 0 aliphatic carbocycles. The summed E-state index contributed by atoms with van der Waals surface area (Å²) in [6.07, 6.45) is 0.612. The molecule has 2 heteroatoms. The lowest BCUT2D eigenvalue weighted by Gasteiger charge is -2.21. The van der Waals surface area contributed by atoms with Crippen LogP contribution in [0.1, 0.15) is 27.2 Å². The summed E-state index contributed by atoms with van der Waals surface area (Å²) in [5.41, 5.74) is 0. The molecule has 0 unspecified atom stereocenters. The van der Waals surface area contributed by atoms with Gasteiger partial charge in [-0.3, -0.25) is 0 Å². The van der Waals surface area contributed by atoms with Gasteiger partial charge in [-0.15, -0.1) is 0 Å². The van der Waals surface area contributed by atoms with E-state index in [0.717, 1.165) is 6.42 Å². The molecule has 0 spiro atoms. The molecule has 10 heavy (non-hydrogen) atoms. The van der Waals surface area contributed by atoms with Gasteiger partial charge in [0.25, 0.3) is 0 Å². The standard InChI is InChI=1S/C8H18O2/c1-4-6(2)8(10)7(3)5-9/h6-10H,4-5H2,1-3H3/t6-,7-,8+/m0/s1. The molecule has 2 N–H and O–H groups in total. The van der Waals surface area contributed by atoms with E-state index in [2.05, 4.69) is 0 Å². The lowest BCUT2D eigenvalue weighted by Crippen LogP contribution is -2.27. The summed E-state index contributed by atoms with van der Waals surface area (Å²) in [7, 11) is 0. The molecular weight excluding hydrogens is 128 g/mol. The van der Waals surface area contributed by atoms with Crippen LogP contribution in [0.15, 0.2) is 0 Å². The van der Waals surface area contributed by atoms with Crippen molar-refractivity contribution in [1.82, 2.24) is 0 Å². The topological polar surface area (TPSA) is 40.5 Å². The first-order valence-corrected chi connectivity index (χ1v) is 3.92. The number of hydrogen-bond acceptors (Lipinski definition) is 2. The minimum atomic E-state index is -0.352. The van der Waals surface area contributed by atoms with Crippen molar-refractivity contribution in [3.8, 4) is 0 Å². The summed E-state index contributed by atoms with van der Waals surface area (Å²) in [6, 6.07) is 0. The molecule has 0 amide bonds. The van der Waals surface area contributed by atoms with Crippen LogP contribution >= 0.6 is 0 Å². The molecule has 0 saturated carbocycles. The van der Waals surface area contributed by atoms with Gasteiger partial charge in [0.15, 0.2) is 0 Å². The van der Waals surface area contributed by atoms with E-state index < -0.39 is 0 Å². The predicted molar refractivity (Wildman–Crippen MR) is 41.7 cm³/mol. The summed E-state index contributed by atoms with van der Waals surface area (Å²) < 4.78 is 0. The second-order valence-electron chi connectivity index (χ2n) is 3.04. The zero-order valence-corrected chi connectivity index (χ0v) is 7.04. The maximum absolute atomic E-state index is 9.43. The van der Waals surface area contributed by atoms with Crippen LogP contribution in [-0.2, 0) is 0 Å². The van der Waals surface area contributed by atoms with Crippen LogP contribution in [0.3, 0.4) is 0 Å². The Morgan fingerprint density at radius 3 is 2.00 bits per heavy atom. The first-order chi connectivity index (χ1) is 4.63. The second kappa shape index (κ2) is 4.69. The van der Waals surface area contributed by atoms with Crippen molar-refractivity contribution in [2.24, 2.45) is 11.8 Å². The number of rotatable bonds is 4. The Balaban J connectivity index is 3.69. The van der Waals surface area contributed by atoms with E-state index in [1.807, 2.05) is 20.8 Å². The van der Waals surface area contributed by atoms with Crippen molar-refractivity contribution in [2.75, 3.05) is 6.61 Å². The number of hydrogen-bond donors (Lipinski definition) is 2. The molecule has 0 rings (SSSR count). The molecule has 0 aliphatic heterocycles. The van der Waals surface area contributed by atoms with Crippen LogP contribution in [-0.4, -0.2) is 22.9 Å². The Morgan fingerprint density at radius 2 is 1.70 bits per heavy atom. The summed E-state index contributed by atoms with van der Waals surface area (Å²) in [6.45, 7) is 5.97. The molecular formula is C8H18O2. The highest BCUT2D eigenvalue weighted by atomic mass is 16.3. The first-order valence-electron chi connectivity index (χ1n) is 3.92. The lowest BCUT2D eigenvalue weighted by molar-refractivity contribution is 0.0356. The Kier molecular flexibility index (Phi) is 4.65. The highest BCUT2D eigenvalue weighted by molar-refractivity contribution is 4.68. The Hall–Kier alpha value is -0.0800. The Labute approximate surface area is 62.9 Å². The third kappa shape index (κ3) is 2.67. The van der Waals surface area contributed by atoms with Crippen LogP contribution in [0.25, 0.3) is 0 Å². The van der Waals surface area contributed by atoms with E-state index in [1.54, 1.807) is 0 Å². The highest BCUT2D eigenvalue weighted by Crippen LogP contribution is 2.14. The predicted octanol–water partition coefficient (Wildman–Crippen LogP) is 1.02. The van der Waals surface area contributed by atoms with Gasteiger partial charge in [0.05, 0.1) is 6.10 Å². The van der Waals surface area contributed by atoms with Gasteiger partial charge in [-0.05, 0) is 5.92 Å². The molecule has 0 aromatic heterocycles. The fourth-order valence-corrected chi connectivity index (χ4v) is 0.910. The Bertz CT molecular complexity index is 73.3. The average molecular weight is 146 g/mol. The SMILES string of the molecule is CC[C@H](C)[C@@H](O)[C@@H](C)CO. The van der Waals surface area contributed by atoms with Crippen molar-refractivity contribution in [1.29, 1.82) is 0 Å². The first kappa shape index (κ1) is 9.92. The van der Waals surface area contributed by atoms with Gasteiger partial charge >= 0.3 is 0 Å². The van der Waals surface area contributed by atoms with Gasteiger partial charge in [0.2, 0.25) is 0 Å². The lowest BCUT2D eigenvalue weighted by atomic mass is 9.92. The van der Waals surface area contributed by atoms with Gasteiger partial charge in [-0.1, -0.05) is 27.2 Å². The number of aliphatic hydroxyl groups is 2. The van der Waals surface area contributed by atoms with Crippen LogP contribution in [0.4, 0.5) is 0 Å². The third-order valence-corrected chi connectivity index (χ3v) is 2.10. The molecule has 2 nitrogen and oxygen atoms in total. The molecule has 0 saturated heterocycles. The molecule has 62 valence electrons. The second-order valence-corrected chi connectivity index (χ2v) is 3.04. The molecule has 3 atom stereocenters. The van der Waals surface area contributed by atoms with E-state index in [4.69, 9.17) is 5.11 Å². The largest absolute Gasteiger partial charge is 0.396 e.